The Balaban J connectivity index is 1.88. The molecular weight excluding hydrogens is 380 g/mol. The number of anilines is 1. The minimum Gasteiger partial charge on any atom is -0.492 e. The van der Waals surface area contributed by atoms with Crippen molar-refractivity contribution in [1.82, 2.24) is 14.9 Å². The first kappa shape index (κ1) is 22.2. The molecule has 162 valence electrons. The van der Waals surface area contributed by atoms with Crippen LogP contribution in [0.5, 0.6) is 5.75 Å². The van der Waals surface area contributed by atoms with Gasteiger partial charge >= 0.3 is 0 Å². The number of rotatable bonds is 8. The summed E-state index contributed by atoms with van der Waals surface area (Å²) in [6.07, 6.45) is 4.09. The molecule has 0 unspecified atom stereocenters. The molecule has 1 aromatic carbocycles. The van der Waals surface area contributed by atoms with Crippen LogP contribution >= 0.6 is 0 Å². The monoisotopic (exact) mass is 412 g/mol. The number of methoxy groups -OCH3 is 1. The van der Waals surface area contributed by atoms with Gasteiger partial charge in [0.2, 0.25) is 0 Å². The number of carbonyl (C=O) groups is 1. The highest BCUT2D eigenvalue weighted by Gasteiger charge is 2.27. The van der Waals surface area contributed by atoms with E-state index in [2.05, 4.69) is 20.2 Å². The molecule has 0 bridgehead atoms. The van der Waals surface area contributed by atoms with Crippen LogP contribution in [0.2, 0.25) is 0 Å². The zero-order chi connectivity index (χ0) is 21.7. The summed E-state index contributed by atoms with van der Waals surface area (Å²) in [5, 5.41) is 2.94. The van der Waals surface area contributed by atoms with E-state index in [-0.39, 0.29) is 5.91 Å². The lowest BCUT2D eigenvalue weighted by molar-refractivity contribution is -0.133. The van der Waals surface area contributed by atoms with E-state index in [4.69, 9.17) is 9.47 Å². The molecule has 1 N–H and O–H groups in total. The third-order valence-electron chi connectivity index (χ3n) is 5.65. The molecule has 0 aliphatic carbocycles. The quantitative estimate of drug-likeness (QED) is 0.714. The number of nitrogens with one attached hydrogen (secondary N) is 1. The molecule has 1 saturated heterocycles. The molecule has 1 aliphatic rings. The largest absolute Gasteiger partial charge is 0.492 e. The SMILES string of the molecule is COC(C)(C)C(=O)Nc1ccc(OCCN2CCCC2)c(-c2c(C)ncnc2C)c1. The molecule has 1 fully saturated rings. The Morgan fingerprint density at radius 2 is 1.83 bits per heavy atom. The standard InChI is InChI=1S/C23H32N4O3/c1-16-21(17(2)25-15-24-16)19-14-18(26-22(28)23(3,4)29-5)8-9-20(19)30-13-12-27-10-6-7-11-27/h8-9,14-15H,6-7,10-13H2,1-5H3,(H,26,28). The summed E-state index contributed by atoms with van der Waals surface area (Å²) in [6.45, 7) is 11.2. The third kappa shape index (κ3) is 5.15. The van der Waals surface area contributed by atoms with Crippen molar-refractivity contribution in [1.29, 1.82) is 0 Å². The molecule has 1 aromatic heterocycles. The van der Waals surface area contributed by atoms with E-state index in [1.807, 2.05) is 32.0 Å². The molecule has 0 radical (unpaired) electrons. The van der Waals surface area contributed by atoms with Gasteiger partial charge in [0.05, 0.1) is 0 Å². The first-order chi connectivity index (χ1) is 14.3. The predicted molar refractivity (Wildman–Crippen MR) is 118 cm³/mol. The molecule has 1 aliphatic heterocycles. The molecular formula is C23H32N4O3. The Morgan fingerprint density at radius 3 is 2.47 bits per heavy atom. The molecule has 1 amide bonds. The van der Waals surface area contributed by atoms with Gasteiger partial charge in [-0.15, -0.1) is 0 Å². The molecule has 30 heavy (non-hydrogen) atoms. The van der Waals surface area contributed by atoms with Gasteiger partial charge in [-0.05, 0) is 71.8 Å². The fourth-order valence-corrected chi connectivity index (χ4v) is 3.58. The van der Waals surface area contributed by atoms with Crippen LogP contribution in [0.25, 0.3) is 11.1 Å². The number of aromatic nitrogens is 2. The lowest BCUT2D eigenvalue weighted by Crippen LogP contribution is -2.38. The number of nitrogens with zero attached hydrogens (tertiary/aromatic N) is 3. The van der Waals surface area contributed by atoms with Gasteiger partial charge in [0.15, 0.2) is 0 Å². The number of benzene rings is 1. The number of aryl methyl sites for hydroxylation is 2. The molecule has 0 atom stereocenters. The van der Waals surface area contributed by atoms with Crippen molar-refractivity contribution in [3.8, 4) is 16.9 Å². The average molecular weight is 413 g/mol. The maximum absolute atomic E-state index is 12.6. The smallest absolute Gasteiger partial charge is 0.256 e. The number of likely N-dealkylation sites (tertiary alicyclic amines) is 1. The maximum atomic E-state index is 12.6. The molecule has 7 nitrogen and oxygen atoms in total. The van der Waals surface area contributed by atoms with Crippen molar-refractivity contribution in [2.24, 2.45) is 0 Å². The Morgan fingerprint density at radius 1 is 1.17 bits per heavy atom. The van der Waals surface area contributed by atoms with E-state index in [0.29, 0.717) is 12.3 Å². The van der Waals surface area contributed by atoms with Crippen LogP contribution in [0, 0.1) is 13.8 Å². The second-order valence-electron chi connectivity index (χ2n) is 8.20. The average Bonchev–Trinajstić information content (AvgIpc) is 3.22. The highest BCUT2D eigenvalue weighted by atomic mass is 16.5. The Kier molecular flexibility index (Phi) is 7.05. The first-order valence-corrected chi connectivity index (χ1v) is 10.5. The van der Waals surface area contributed by atoms with Crippen LogP contribution < -0.4 is 10.1 Å². The third-order valence-corrected chi connectivity index (χ3v) is 5.65. The minimum absolute atomic E-state index is 0.212. The minimum atomic E-state index is -0.924. The summed E-state index contributed by atoms with van der Waals surface area (Å²) < 4.78 is 11.5. The second kappa shape index (κ2) is 9.53. The van der Waals surface area contributed by atoms with Crippen LogP contribution in [0.1, 0.15) is 38.1 Å². The topological polar surface area (TPSA) is 76.6 Å². The van der Waals surface area contributed by atoms with Gasteiger partial charge in [-0.1, -0.05) is 0 Å². The predicted octanol–water partition coefficient (Wildman–Crippen LogP) is 3.60. The van der Waals surface area contributed by atoms with Crippen molar-refractivity contribution in [2.45, 2.75) is 46.1 Å². The number of hydrogen-bond acceptors (Lipinski definition) is 6. The van der Waals surface area contributed by atoms with Gasteiger partial charge in [-0.2, -0.15) is 0 Å². The van der Waals surface area contributed by atoms with Crippen LogP contribution in [-0.2, 0) is 9.53 Å². The summed E-state index contributed by atoms with van der Waals surface area (Å²) >= 11 is 0. The maximum Gasteiger partial charge on any atom is 0.256 e. The van der Waals surface area contributed by atoms with Crippen LogP contribution in [0.3, 0.4) is 0 Å². The molecule has 2 heterocycles. The summed E-state index contributed by atoms with van der Waals surface area (Å²) in [5.41, 5.74) is 3.29. The lowest BCUT2D eigenvalue weighted by atomic mass is 10.0. The van der Waals surface area contributed by atoms with Crippen molar-refractivity contribution < 1.29 is 14.3 Å². The molecule has 2 aromatic rings. The zero-order valence-electron chi connectivity index (χ0n) is 18.6. The Bertz CT molecular complexity index is 872. The number of amides is 1. The Hall–Kier alpha value is -2.51. The van der Waals surface area contributed by atoms with Gasteiger partial charge in [-0.25, -0.2) is 9.97 Å². The summed E-state index contributed by atoms with van der Waals surface area (Å²) in [4.78, 5) is 23.7. The molecule has 7 heteroatoms. The zero-order valence-corrected chi connectivity index (χ0v) is 18.6. The van der Waals surface area contributed by atoms with Crippen molar-refractivity contribution in [2.75, 3.05) is 38.7 Å². The number of carbonyl (C=O) groups excluding carboxylic acids is 1. The highest BCUT2D eigenvalue weighted by Crippen LogP contribution is 2.36. The van der Waals surface area contributed by atoms with Crippen molar-refractivity contribution >= 4 is 11.6 Å². The van der Waals surface area contributed by atoms with E-state index in [1.54, 1.807) is 20.2 Å². The molecule has 0 spiro atoms. The van der Waals surface area contributed by atoms with Crippen molar-refractivity contribution in [3.63, 3.8) is 0 Å². The summed E-state index contributed by atoms with van der Waals surface area (Å²) in [6, 6.07) is 5.68. The number of ether oxygens (including phenoxy) is 2. The van der Waals surface area contributed by atoms with E-state index in [1.165, 1.54) is 20.0 Å². The summed E-state index contributed by atoms with van der Waals surface area (Å²) in [5.74, 6) is 0.551. The Labute approximate surface area is 178 Å². The van der Waals surface area contributed by atoms with Gasteiger partial charge in [0.1, 0.15) is 24.3 Å². The number of hydrogen-bond donors (Lipinski definition) is 1. The van der Waals surface area contributed by atoms with E-state index >= 15 is 0 Å². The lowest BCUT2D eigenvalue weighted by Gasteiger charge is -2.22. The van der Waals surface area contributed by atoms with Gasteiger partial charge in [0.25, 0.3) is 5.91 Å². The van der Waals surface area contributed by atoms with Crippen LogP contribution in [-0.4, -0.2) is 59.7 Å². The summed E-state index contributed by atoms with van der Waals surface area (Å²) in [7, 11) is 1.52. The fourth-order valence-electron chi connectivity index (χ4n) is 3.58. The normalized spacial score (nSPS) is 14.7. The van der Waals surface area contributed by atoms with Gasteiger partial charge in [-0.3, -0.25) is 9.69 Å². The van der Waals surface area contributed by atoms with E-state index in [9.17, 15) is 4.79 Å². The van der Waals surface area contributed by atoms with Crippen LogP contribution in [0.15, 0.2) is 24.5 Å². The fraction of sp³-hybridized carbons (Fsp3) is 0.522. The van der Waals surface area contributed by atoms with Gasteiger partial charge in [0, 0.05) is 41.9 Å². The second-order valence-corrected chi connectivity index (χ2v) is 8.20. The van der Waals surface area contributed by atoms with Crippen LogP contribution in [0.4, 0.5) is 5.69 Å². The first-order valence-electron chi connectivity index (χ1n) is 10.5. The molecule has 0 saturated carbocycles. The van der Waals surface area contributed by atoms with Crippen molar-refractivity contribution in [3.05, 3.63) is 35.9 Å². The van der Waals surface area contributed by atoms with E-state index < -0.39 is 5.60 Å². The highest BCUT2D eigenvalue weighted by molar-refractivity contribution is 5.97. The van der Waals surface area contributed by atoms with Gasteiger partial charge < -0.3 is 14.8 Å². The molecule has 3 rings (SSSR count). The van der Waals surface area contributed by atoms with E-state index in [0.717, 1.165) is 47.9 Å².